The summed E-state index contributed by atoms with van der Waals surface area (Å²) in [5, 5.41) is 3.12. The van der Waals surface area contributed by atoms with Crippen LogP contribution < -0.4 is 5.32 Å². The molecule has 1 unspecified atom stereocenters. The molecule has 0 bridgehead atoms. The highest BCUT2D eigenvalue weighted by Gasteiger charge is 2.24. The maximum Gasteiger partial charge on any atom is 0.271 e. The molecule has 22 heavy (non-hydrogen) atoms. The summed E-state index contributed by atoms with van der Waals surface area (Å²) in [4.78, 5) is 16.9. The summed E-state index contributed by atoms with van der Waals surface area (Å²) < 4.78 is 1.94. The lowest BCUT2D eigenvalue weighted by molar-refractivity contribution is 0.0932. The summed E-state index contributed by atoms with van der Waals surface area (Å²) >= 11 is 0. The Balaban J connectivity index is 1.61. The van der Waals surface area contributed by atoms with Gasteiger partial charge in [0.15, 0.2) is 0 Å². The third kappa shape index (κ3) is 2.08. The largest absolute Gasteiger partial charge is 0.344 e. The predicted molar refractivity (Wildman–Crippen MR) is 84.9 cm³/mol. The predicted octanol–water partition coefficient (Wildman–Crippen LogP) is 3.06. The first kappa shape index (κ1) is 13.1. The molecule has 1 aliphatic carbocycles. The van der Waals surface area contributed by atoms with Gasteiger partial charge in [0.1, 0.15) is 11.3 Å². The van der Waals surface area contributed by atoms with Crippen molar-refractivity contribution in [3.8, 4) is 0 Å². The number of aromatic nitrogens is 2. The normalized spacial score (nSPS) is 16.7. The van der Waals surface area contributed by atoms with E-state index < -0.39 is 0 Å². The molecule has 2 heterocycles. The second kappa shape index (κ2) is 4.98. The van der Waals surface area contributed by atoms with Crippen molar-refractivity contribution in [2.75, 3.05) is 0 Å². The molecule has 1 aromatic carbocycles. The van der Waals surface area contributed by atoms with E-state index in [1.165, 1.54) is 11.1 Å². The zero-order valence-corrected chi connectivity index (χ0v) is 12.4. The summed E-state index contributed by atoms with van der Waals surface area (Å²) in [5.41, 5.74) is 4.90. The van der Waals surface area contributed by atoms with Crippen molar-refractivity contribution < 1.29 is 4.79 Å². The number of benzene rings is 1. The standard InChI is InChI=1S/C18H17N3O/c1-12-5-4-8-17-19-16(11-21(12)17)18(22)20-15-10-9-13-6-2-3-7-14(13)15/h2-8,11,15H,9-10H2,1H3,(H,20,22). The van der Waals surface area contributed by atoms with Crippen LogP contribution in [0.15, 0.2) is 48.7 Å². The van der Waals surface area contributed by atoms with Crippen LogP contribution in [0.4, 0.5) is 0 Å². The smallest absolute Gasteiger partial charge is 0.271 e. The molecule has 110 valence electrons. The first-order valence-corrected chi connectivity index (χ1v) is 7.56. The minimum Gasteiger partial charge on any atom is -0.344 e. The number of pyridine rings is 1. The van der Waals surface area contributed by atoms with Crippen LogP contribution >= 0.6 is 0 Å². The summed E-state index contributed by atoms with van der Waals surface area (Å²) in [6, 6.07) is 14.3. The van der Waals surface area contributed by atoms with E-state index in [1.54, 1.807) is 6.20 Å². The van der Waals surface area contributed by atoms with Gasteiger partial charge in [0.05, 0.1) is 6.04 Å². The maximum absolute atomic E-state index is 12.5. The van der Waals surface area contributed by atoms with E-state index in [9.17, 15) is 4.79 Å². The van der Waals surface area contributed by atoms with Gasteiger partial charge in [0, 0.05) is 11.9 Å². The fraction of sp³-hybridized carbons (Fsp3) is 0.222. The molecule has 4 rings (SSSR count). The molecular weight excluding hydrogens is 274 g/mol. The maximum atomic E-state index is 12.5. The van der Waals surface area contributed by atoms with E-state index in [-0.39, 0.29) is 11.9 Å². The first-order valence-electron chi connectivity index (χ1n) is 7.56. The second-order valence-electron chi connectivity index (χ2n) is 5.79. The minimum absolute atomic E-state index is 0.0922. The van der Waals surface area contributed by atoms with Crippen LogP contribution in [0.5, 0.6) is 0 Å². The van der Waals surface area contributed by atoms with E-state index in [0.29, 0.717) is 5.69 Å². The lowest BCUT2D eigenvalue weighted by atomic mass is 10.1. The molecule has 4 nitrogen and oxygen atoms in total. The molecule has 4 heteroatoms. The summed E-state index contributed by atoms with van der Waals surface area (Å²) in [6.45, 7) is 2.00. The van der Waals surface area contributed by atoms with Gasteiger partial charge in [-0.15, -0.1) is 0 Å². The summed E-state index contributed by atoms with van der Waals surface area (Å²) in [5.74, 6) is -0.107. The molecule has 0 saturated heterocycles. The van der Waals surface area contributed by atoms with Crippen molar-refractivity contribution in [2.24, 2.45) is 0 Å². The molecule has 1 amide bonds. The number of hydrogen-bond donors (Lipinski definition) is 1. The van der Waals surface area contributed by atoms with E-state index in [1.807, 2.05) is 41.7 Å². The average molecular weight is 291 g/mol. The highest BCUT2D eigenvalue weighted by Crippen LogP contribution is 2.30. The zero-order valence-electron chi connectivity index (χ0n) is 12.4. The van der Waals surface area contributed by atoms with Gasteiger partial charge in [-0.05, 0) is 43.0 Å². The Morgan fingerprint density at radius 3 is 2.95 bits per heavy atom. The number of rotatable bonds is 2. The van der Waals surface area contributed by atoms with Crippen LogP contribution in [0.2, 0.25) is 0 Å². The molecule has 0 spiro atoms. The highest BCUT2D eigenvalue weighted by atomic mass is 16.2. The summed E-state index contributed by atoms with van der Waals surface area (Å²) in [7, 11) is 0. The number of carbonyl (C=O) groups excluding carboxylic acids is 1. The van der Waals surface area contributed by atoms with Gasteiger partial charge < -0.3 is 9.72 Å². The van der Waals surface area contributed by atoms with Crippen LogP contribution in [0.3, 0.4) is 0 Å². The fourth-order valence-electron chi connectivity index (χ4n) is 3.20. The Morgan fingerprint density at radius 2 is 2.09 bits per heavy atom. The van der Waals surface area contributed by atoms with E-state index in [0.717, 1.165) is 24.2 Å². The number of nitrogens with zero attached hydrogens (tertiary/aromatic N) is 2. The van der Waals surface area contributed by atoms with E-state index in [4.69, 9.17) is 0 Å². The molecule has 0 fully saturated rings. The number of carbonyl (C=O) groups is 1. The SMILES string of the molecule is Cc1cccc2nc(C(=O)NC3CCc4ccccc43)cn12. The first-order chi connectivity index (χ1) is 10.7. The van der Waals surface area contributed by atoms with E-state index in [2.05, 4.69) is 22.4 Å². The van der Waals surface area contributed by atoms with Gasteiger partial charge in [-0.25, -0.2) is 4.98 Å². The van der Waals surface area contributed by atoms with Crippen molar-refractivity contribution in [1.29, 1.82) is 0 Å². The molecule has 1 aliphatic rings. The fourth-order valence-corrected chi connectivity index (χ4v) is 3.20. The number of amides is 1. The lowest BCUT2D eigenvalue weighted by Gasteiger charge is -2.12. The highest BCUT2D eigenvalue weighted by molar-refractivity contribution is 5.93. The average Bonchev–Trinajstić information content (AvgIpc) is 3.13. The number of imidazole rings is 1. The van der Waals surface area contributed by atoms with Crippen molar-refractivity contribution in [2.45, 2.75) is 25.8 Å². The minimum atomic E-state index is -0.107. The molecule has 3 aromatic rings. The van der Waals surface area contributed by atoms with Gasteiger partial charge in [0.2, 0.25) is 0 Å². The van der Waals surface area contributed by atoms with Crippen molar-refractivity contribution in [3.63, 3.8) is 0 Å². The quantitative estimate of drug-likeness (QED) is 0.788. The number of aryl methyl sites for hydroxylation is 2. The van der Waals surface area contributed by atoms with Gasteiger partial charge in [-0.3, -0.25) is 4.79 Å². The lowest BCUT2D eigenvalue weighted by Crippen LogP contribution is -2.27. The van der Waals surface area contributed by atoms with Gasteiger partial charge in [0.25, 0.3) is 5.91 Å². The van der Waals surface area contributed by atoms with Crippen LogP contribution in [0, 0.1) is 6.92 Å². The van der Waals surface area contributed by atoms with Crippen LogP contribution in [-0.2, 0) is 6.42 Å². The third-order valence-corrected chi connectivity index (χ3v) is 4.37. The van der Waals surface area contributed by atoms with Crippen molar-refractivity contribution in [3.05, 3.63) is 71.2 Å². The Labute approximate surface area is 128 Å². The number of nitrogens with one attached hydrogen (secondary N) is 1. The topological polar surface area (TPSA) is 46.4 Å². The Hall–Kier alpha value is -2.62. The van der Waals surface area contributed by atoms with Crippen molar-refractivity contribution >= 4 is 11.6 Å². The van der Waals surface area contributed by atoms with Gasteiger partial charge in [-0.2, -0.15) is 0 Å². The Kier molecular flexibility index (Phi) is 2.96. The zero-order chi connectivity index (χ0) is 15.1. The van der Waals surface area contributed by atoms with Crippen LogP contribution in [-0.4, -0.2) is 15.3 Å². The molecule has 0 radical (unpaired) electrons. The number of fused-ring (bicyclic) bond motifs is 2. The Bertz CT molecular complexity index is 866. The second-order valence-corrected chi connectivity index (χ2v) is 5.79. The molecule has 2 aromatic heterocycles. The van der Waals surface area contributed by atoms with Gasteiger partial charge >= 0.3 is 0 Å². The molecular formula is C18H17N3O. The van der Waals surface area contributed by atoms with Crippen LogP contribution in [0.1, 0.15) is 39.8 Å². The molecule has 0 saturated carbocycles. The monoisotopic (exact) mass is 291 g/mol. The molecule has 1 N–H and O–H groups in total. The van der Waals surface area contributed by atoms with Crippen molar-refractivity contribution in [1.82, 2.24) is 14.7 Å². The molecule has 0 aliphatic heterocycles. The van der Waals surface area contributed by atoms with Gasteiger partial charge in [-0.1, -0.05) is 30.3 Å². The summed E-state index contributed by atoms with van der Waals surface area (Å²) in [6.07, 6.45) is 3.78. The third-order valence-electron chi connectivity index (χ3n) is 4.37. The van der Waals surface area contributed by atoms with E-state index >= 15 is 0 Å². The molecule has 1 atom stereocenters. The Morgan fingerprint density at radius 1 is 1.23 bits per heavy atom. The number of hydrogen-bond acceptors (Lipinski definition) is 2. The van der Waals surface area contributed by atoms with Crippen LogP contribution in [0.25, 0.3) is 5.65 Å².